The number of rotatable bonds is 3. The summed E-state index contributed by atoms with van der Waals surface area (Å²) in [5, 5.41) is 18.9. The summed E-state index contributed by atoms with van der Waals surface area (Å²) >= 11 is 0. The van der Waals surface area contributed by atoms with Gasteiger partial charge in [-0.2, -0.15) is 5.10 Å². The molecule has 4 heteroatoms. The van der Waals surface area contributed by atoms with Crippen LogP contribution in [0.2, 0.25) is 0 Å². The number of aromatic hydroxyl groups is 1. The third-order valence-corrected chi connectivity index (χ3v) is 4.79. The van der Waals surface area contributed by atoms with Crippen molar-refractivity contribution < 1.29 is 5.11 Å². The zero-order valence-electron chi connectivity index (χ0n) is 13.1. The van der Waals surface area contributed by atoms with Gasteiger partial charge in [0.05, 0.1) is 5.52 Å². The molecule has 1 saturated heterocycles. The molecule has 2 aromatic carbocycles. The van der Waals surface area contributed by atoms with E-state index in [1.54, 1.807) is 6.07 Å². The number of hydrogen-bond donors (Lipinski definition) is 2. The standard InChI is InChI=1S/C19H21N3O/c23-18-10-4-1-6-14(18)12-22-11-5-7-15(13-22)19-16-8-2-3-9-17(16)20-21-19/h1-4,6,8-10,15,23H,5,7,11-13H2,(H,20,21). The Morgan fingerprint density at radius 2 is 1.96 bits per heavy atom. The number of nitrogens with zero attached hydrogens (tertiary/aromatic N) is 2. The van der Waals surface area contributed by atoms with E-state index in [1.807, 2.05) is 24.3 Å². The lowest BCUT2D eigenvalue weighted by Gasteiger charge is -2.32. The van der Waals surface area contributed by atoms with Gasteiger partial charge in [0, 0.05) is 35.7 Å². The van der Waals surface area contributed by atoms with Crippen molar-refractivity contribution in [2.24, 2.45) is 0 Å². The van der Waals surface area contributed by atoms with E-state index in [-0.39, 0.29) is 0 Å². The van der Waals surface area contributed by atoms with Gasteiger partial charge in [0.25, 0.3) is 0 Å². The average molecular weight is 307 g/mol. The molecular formula is C19H21N3O. The molecule has 0 spiro atoms. The molecule has 0 saturated carbocycles. The molecule has 4 nitrogen and oxygen atoms in total. The van der Waals surface area contributed by atoms with E-state index in [2.05, 4.69) is 33.3 Å². The van der Waals surface area contributed by atoms with Crippen LogP contribution in [-0.4, -0.2) is 33.3 Å². The van der Waals surface area contributed by atoms with Crippen LogP contribution < -0.4 is 0 Å². The molecule has 1 aliphatic heterocycles. The molecule has 0 bridgehead atoms. The fourth-order valence-corrected chi connectivity index (χ4v) is 3.61. The zero-order chi connectivity index (χ0) is 15.6. The molecule has 0 aliphatic carbocycles. The largest absolute Gasteiger partial charge is 0.508 e. The minimum Gasteiger partial charge on any atom is -0.508 e. The lowest BCUT2D eigenvalue weighted by molar-refractivity contribution is 0.197. The van der Waals surface area contributed by atoms with Crippen LogP contribution >= 0.6 is 0 Å². The molecule has 0 radical (unpaired) electrons. The highest BCUT2D eigenvalue weighted by Gasteiger charge is 2.24. The Bertz CT molecular complexity index is 811. The molecule has 0 amide bonds. The molecule has 23 heavy (non-hydrogen) atoms. The van der Waals surface area contributed by atoms with Crippen molar-refractivity contribution >= 4 is 10.9 Å². The van der Waals surface area contributed by atoms with E-state index in [0.29, 0.717) is 11.7 Å². The van der Waals surface area contributed by atoms with Crippen LogP contribution in [0.15, 0.2) is 48.5 Å². The van der Waals surface area contributed by atoms with E-state index in [4.69, 9.17) is 0 Å². The van der Waals surface area contributed by atoms with Gasteiger partial charge in [-0.15, -0.1) is 0 Å². The summed E-state index contributed by atoms with van der Waals surface area (Å²) in [5.41, 5.74) is 3.30. The smallest absolute Gasteiger partial charge is 0.120 e. The minimum absolute atomic E-state index is 0.390. The van der Waals surface area contributed by atoms with E-state index < -0.39 is 0 Å². The molecular weight excluding hydrogens is 286 g/mol. The van der Waals surface area contributed by atoms with Crippen molar-refractivity contribution in [3.8, 4) is 5.75 Å². The third kappa shape index (κ3) is 2.82. The van der Waals surface area contributed by atoms with E-state index in [0.717, 1.165) is 30.7 Å². The van der Waals surface area contributed by atoms with Gasteiger partial charge in [-0.3, -0.25) is 10.00 Å². The molecule has 1 fully saturated rings. The average Bonchev–Trinajstić information content (AvgIpc) is 3.01. The maximum Gasteiger partial charge on any atom is 0.120 e. The number of aromatic amines is 1. The van der Waals surface area contributed by atoms with Crippen molar-refractivity contribution in [3.63, 3.8) is 0 Å². The first kappa shape index (κ1) is 14.3. The fourth-order valence-electron chi connectivity index (χ4n) is 3.61. The lowest BCUT2D eigenvalue weighted by Crippen LogP contribution is -2.34. The number of piperidine rings is 1. The fraction of sp³-hybridized carbons (Fsp3) is 0.316. The topological polar surface area (TPSA) is 52.1 Å². The second-order valence-corrected chi connectivity index (χ2v) is 6.36. The number of benzene rings is 2. The van der Waals surface area contributed by atoms with Crippen LogP contribution in [0.25, 0.3) is 10.9 Å². The Morgan fingerprint density at radius 1 is 1.13 bits per heavy atom. The quantitative estimate of drug-likeness (QED) is 0.776. The molecule has 3 aromatic rings. The number of hydrogen-bond acceptors (Lipinski definition) is 3. The molecule has 1 aromatic heterocycles. The Balaban J connectivity index is 1.54. The van der Waals surface area contributed by atoms with Crippen LogP contribution in [0.3, 0.4) is 0 Å². The summed E-state index contributed by atoms with van der Waals surface area (Å²) in [6, 6.07) is 15.9. The number of para-hydroxylation sites is 2. The van der Waals surface area contributed by atoms with Crippen LogP contribution in [0, 0.1) is 0 Å². The Kier molecular flexibility index (Phi) is 3.75. The van der Waals surface area contributed by atoms with Crippen LogP contribution in [0.4, 0.5) is 0 Å². The normalized spacial score (nSPS) is 19.2. The molecule has 4 rings (SSSR count). The summed E-state index contributed by atoms with van der Waals surface area (Å²) in [6.07, 6.45) is 2.36. The first-order chi connectivity index (χ1) is 11.3. The highest BCUT2D eigenvalue weighted by Crippen LogP contribution is 2.31. The Morgan fingerprint density at radius 3 is 2.87 bits per heavy atom. The number of phenols is 1. The second-order valence-electron chi connectivity index (χ2n) is 6.36. The van der Waals surface area contributed by atoms with Gasteiger partial charge in [0.15, 0.2) is 0 Å². The summed E-state index contributed by atoms with van der Waals surface area (Å²) < 4.78 is 0. The van der Waals surface area contributed by atoms with Crippen molar-refractivity contribution in [3.05, 3.63) is 59.8 Å². The lowest BCUT2D eigenvalue weighted by atomic mass is 9.92. The summed E-state index contributed by atoms with van der Waals surface area (Å²) in [4.78, 5) is 2.43. The summed E-state index contributed by atoms with van der Waals surface area (Å²) in [5.74, 6) is 0.864. The van der Waals surface area contributed by atoms with Gasteiger partial charge in [0.2, 0.25) is 0 Å². The van der Waals surface area contributed by atoms with Crippen LogP contribution in [-0.2, 0) is 6.54 Å². The van der Waals surface area contributed by atoms with Gasteiger partial charge in [0.1, 0.15) is 5.75 Å². The zero-order valence-corrected chi connectivity index (χ0v) is 13.1. The number of H-pyrrole nitrogens is 1. The Hall–Kier alpha value is -2.33. The van der Waals surface area contributed by atoms with Crippen LogP contribution in [0.1, 0.15) is 30.0 Å². The van der Waals surface area contributed by atoms with Gasteiger partial charge >= 0.3 is 0 Å². The summed E-state index contributed by atoms with van der Waals surface area (Å²) in [6.45, 7) is 2.88. The molecule has 1 unspecified atom stereocenters. The molecule has 2 N–H and O–H groups in total. The number of aromatic nitrogens is 2. The molecule has 118 valence electrons. The minimum atomic E-state index is 0.390. The van der Waals surface area contributed by atoms with E-state index in [9.17, 15) is 5.11 Å². The summed E-state index contributed by atoms with van der Waals surface area (Å²) in [7, 11) is 0. The highest BCUT2D eigenvalue weighted by atomic mass is 16.3. The van der Waals surface area contributed by atoms with Crippen molar-refractivity contribution in [1.29, 1.82) is 0 Å². The number of phenolic OH excluding ortho intramolecular Hbond substituents is 1. The molecule has 1 atom stereocenters. The first-order valence-electron chi connectivity index (χ1n) is 8.23. The SMILES string of the molecule is Oc1ccccc1CN1CCCC(c2[nH]nc3ccccc23)C1. The van der Waals surface area contributed by atoms with E-state index in [1.165, 1.54) is 23.9 Å². The maximum atomic E-state index is 9.99. The monoisotopic (exact) mass is 307 g/mol. The predicted molar refractivity (Wildman–Crippen MR) is 91.5 cm³/mol. The number of likely N-dealkylation sites (tertiary alicyclic amines) is 1. The van der Waals surface area contributed by atoms with Gasteiger partial charge in [-0.05, 0) is 31.5 Å². The number of nitrogens with one attached hydrogen (secondary N) is 1. The van der Waals surface area contributed by atoms with Gasteiger partial charge in [-0.1, -0.05) is 36.4 Å². The predicted octanol–water partition coefficient (Wildman–Crippen LogP) is 3.65. The second kappa shape index (κ2) is 6.05. The van der Waals surface area contributed by atoms with Gasteiger partial charge < -0.3 is 5.11 Å². The Labute approximate surface area is 135 Å². The van der Waals surface area contributed by atoms with Crippen molar-refractivity contribution in [2.45, 2.75) is 25.3 Å². The number of fused-ring (bicyclic) bond motifs is 1. The van der Waals surface area contributed by atoms with Crippen LogP contribution in [0.5, 0.6) is 5.75 Å². The highest BCUT2D eigenvalue weighted by molar-refractivity contribution is 5.81. The third-order valence-electron chi connectivity index (χ3n) is 4.79. The maximum absolute atomic E-state index is 9.99. The van der Waals surface area contributed by atoms with Crippen molar-refractivity contribution in [2.75, 3.05) is 13.1 Å². The molecule has 2 heterocycles. The van der Waals surface area contributed by atoms with Crippen molar-refractivity contribution in [1.82, 2.24) is 15.1 Å². The molecule has 1 aliphatic rings. The van der Waals surface area contributed by atoms with E-state index >= 15 is 0 Å². The first-order valence-corrected chi connectivity index (χ1v) is 8.23. The van der Waals surface area contributed by atoms with Gasteiger partial charge in [-0.25, -0.2) is 0 Å².